The van der Waals surface area contributed by atoms with Gasteiger partial charge in [-0.05, 0) is 31.7 Å². The van der Waals surface area contributed by atoms with Gasteiger partial charge in [0.05, 0.1) is 7.11 Å². The van der Waals surface area contributed by atoms with Crippen LogP contribution in [0.1, 0.15) is 39.0 Å². The predicted octanol–water partition coefficient (Wildman–Crippen LogP) is 1.70. The number of carbonyl (C=O) groups excluding carboxylic acids is 1. The molecule has 0 aromatic carbocycles. The number of nitrogens with zero attached hydrogens (tertiary/aromatic N) is 1. The highest BCUT2D eigenvalue weighted by molar-refractivity contribution is 5.67. The summed E-state index contributed by atoms with van der Waals surface area (Å²) in [6.07, 6.45) is 3.52. The van der Waals surface area contributed by atoms with E-state index in [0.29, 0.717) is 12.3 Å². The van der Waals surface area contributed by atoms with Crippen molar-refractivity contribution in [3.63, 3.8) is 0 Å². The maximum absolute atomic E-state index is 11.3. The van der Waals surface area contributed by atoms with Crippen LogP contribution >= 0.6 is 0 Å². The van der Waals surface area contributed by atoms with Crippen LogP contribution in [0.2, 0.25) is 0 Å². The molecule has 2 atom stereocenters. The van der Waals surface area contributed by atoms with Gasteiger partial charge in [0, 0.05) is 25.6 Å². The molecule has 116 valence electrons. The molecule has 20 heavy (non-hydrogen) atoms. The van der Waals surface area contributed by atoms with Gasteiger partial charge in [0.2, 0.25) is 0 Å². The smallest absolute Gasteiger partial charge is 0.407 e. The second kappa shape index (κ2) is 8.79. The van der Waals surface area contributed by atoms with E-state index in [1.54, 1.807) is 0 Å². The molecule has 6 nitrogen and oxygen atoms in total. The minimum atomic E-state index is -0.756. The summed E-state index contributed by atoms with van der Waals surface area (Å²) in [4.78, 5) is 24.3. The monoisotopic (exact) mass is 286 g/mol. The van der Waals surface area contributed by atoms with Gasteiger partial charge in [-0.25, -0.2) is 4.79 Å². The molecule has 2 N–H and O–H groups in total. The quantitative estimate of drug-likeness (QED) is 0.744. The van der Waals surface area contributed by atoms with Gasteiger partial charge in [-0.3, -0.25) is 4.79 Å². The molecule has 1 fully saturated rings. The Morgan fingerprint density at radius 3 is 2.75 bits per heavy atom. The lowest BCUT2D eigenvalue weighted by Crippen LogP contribution is -2.51. The number of amides is 1. The average molecular weight is 286 g/mol. The van der Waals surface area contributed by atoms with E-state index in [4.69, 9.17) is 5.11 Å². The lowest BCUT2D eigenvalue weighted by Gasteiger charge is -2.37. The molecule has 1 saturated heterocycles. The van der Waals surface area contributed by atoms with Gasteiger partial charge in [0.25, 0.3) is 0 Å². The fourth-order valence-corrected chi connectivity index (χ4v) is 2.73. The third-order valence-corrected chi connectivity index (χ3v) is 3.71. The summed E-state index contributed by atoms with van der Waals surface area (Å²) in [6, 6.07) is 0.0480. The first-order valence-electron chi connectivity index (χ1n) is 7.33. The number of carboxylic acids is 1. The van der Waals surface area contributed by atoms with Gasteiger partial charge >= 0.3 is 12.1 Å². The predicted molar refractivity (Wildman–Crippen MR) is 75.7 cm³/mol. The second-order valence-electron chi connectivity index (χ2n) is 5.48. The van der Waals surface area contributed by atoms with E-state index < -0.39 is 12.1 Å². The largest absolute Gasteiger partial charge is 0.481 e. The van der Waals surface area contributed by atoms with Crippen molar-refractivity contribution in [2.24, 2.45) is 5.92 Å². The van der Waals surface area contributed by atoms with Gasteiger partial charge in [-0.2, -0.15) is 0 Å². The zero-order valence-corrected chi connectivity index (χ0v) is 12.4. The molecule has 6 heteroatoms. The van der Waals surface area contributed by atoms with E-state index >= 15 is 0 Å². The highest BCUT2D eigenvalue weighted by Crippen LogP contribution is 2.22. The molecule has 1 rings (SSSR count). The van der Waals surface area contributed by atoms with Gasteiger partial charge in [0.1, 0.15) is 0 Å². The van der Waals surface area contributed by atoms with Crippen molar-refractivity contribution in [1.29, 1.82) is 0 Å². The Hall–Kier alpha value is -1.30. The number of hydrogen-bond donors (Lipinski definition) is 2. The summed E-state index contributed by atoms with van der Waals surface area (Å²) in [5.74, 6) is -0.438. The van der Waals surface area contributed by atoms with Crippen LogP contribution in [-0.2, 0) is 9.53 Å². The molecule has 0 radical (unpaired) electrons. The number of methoxy groups -OCH3 is 1. The van der Waals surface area contributed by atoms with Crippen LogP contribution in [0.25, 0.3) is 0 Å². The van der Waals surface area contributed by atoms with Crippen LogP contribution in [0.15, 0.2) is 0 Å². The molecule has 1 aliphatic rings. The molecule has 0 bridgehead atoms. The number of piperidine rings is 1. The number of hydrogen-bond acceptors (Lipinski definition) is 4. The third kappa shape index (κ3) is 6.23. The number of unbranched alkanes of at least 4 members (excludes halogenated alkanes) is 1. The van der Waals surface area contributed by atoms with E-state index in [1.165, 1.54) is 7.11 Å². The molecule has 0 aliphatic carbocycles. The highest BCUT2D eigenvalue weighted by atomic mass is 16.5. The summed E-state index contributed by atoms with van der Waals surface area (Å²) in [5.41, 5.74) is 0. The molecular formula is C14H26N2O4. The molecule has 0 saturated carbocycles. The summed E-state index contributed by atoms with van der Waals surface area (Å²) < 4.78 is 4.64. The van der Waals surface area contributed by atoms with Crippen molar-refractivity contribution in [2.75, 3.05) is 26.7 Å². The van der Waals surface area contributed by atoms with Gasteiger partial charge in [-0.15, -0.1) is 0 Å². The van der Waals surface area contributed by atoms with Gasteiger partial charge in [-0.1, -0.05) is 13.3 Å². The van der Waals surface area contributed by atoms with Crippen LogP contribution < -0.4 is 5.32 Å². The molecule has 0 aromatic rings. The Bertz CT molecular complexity index is 322. The van der Waals surface area contributed by atoms with Crippen LogP contribution in [0.4, 0.5) is 4.79 Å². The lowest BCUT2D eigenvalue weighted by atomic mass is 9.90. The summed E-state index contributed by atoms with van der Waals surface area (Å²) in [7, 11) is 1.36. The van der Waals surface area contributed by atoms with Gasteiger partial charge in [0.15, 0.2) is 0 Å². The van der Waals surface area contributed by atoms with E-state index in [9.17, 15) is 9.59 Å². The van der Waals surface area contributed by atoms with Crippen molar-refractivity contribution >= 4 is 12.1 Å². The van der Waals surface area contributed by atoms with Gasteiger partial charge < -0.3 is 20.1 Å². The summed E-state index contributed by atoms with van der Waals surface area (Å²) >= 11 is 0. The number of carboxylic acid groups (broad SMARTS) is 1. The first-order chi connectivity index (χ1) is 9.55. The Labute approximate surface area is 120 Å². The first-order valence-corrected chi connectivity index (χ1v) is 7.33. The van der Waals surface area contributed by atoms with E-state index in [2.05, 4.69) is 21.9 Å². The van der Waals surface area contributed by atoms with Crippen molar-refractivity contribution in [3.8, 4) is 0 Å². The van der Waals surface area contributed by atoms with Crippen LogP contribution in [-0.4, -0.2) is 54.9 Å². The first kappa shape index (κ1) is 16.8. The SMILES string of the molecule is CCCCN1CC(CCC(=O)O)CC(NC(=O)OC)C1. The topological polar surface area (TPSA) is 78.9 Å². The summed E-state index contributed by atoms with van der Waals surface area (Å²) in [5, 5.41) is 11.6. The number of alkyl carbamates (subject to hydrolysis) is 1. The van der Waals surface area contributed by atoms with Crippen LogP contribution in [0.5, 0.6) is 0 Å². The minimum Gasteiger partial charge on any atom is -0.481 e. The summed E-state index contributed by atoms with van der Waals surface area (Å²) in [6.45, 7) is 4.89. The molecule has 2 unspecified atom stereocenters. The average Bonchev–Trinajstić information content (AvgIpc) is 2.42. The standard InChI is InChI=1S/C14H26N2O4/c1-3-4-7-16-9-11(5-6-13(17)18)8-12(10-16)15-14(19)20-2/h11-12H,3-10H2,1-2H3,(H,15,19)(H,17,18). The number of likely N-dealkylation sites (tertiary alicyclic amines) is 1. The van der Waals surface area contributed by atoms with Crippen molar-refractivity contribution < 1.29 is 19.4 Å². The van der Waals surface area contributed by atoms with Crippen molar-refractivity contribution in [1.82, 2.24) is 10.2 Å². The molecule has 1 heterocycles. The Morgan fingerprint density at radius 2 is 2.15 bits per heavy atom. The third-order valence-electron chi connectivity index (χ3n) is 3.71. The number of nitrogens with one attached hydrogen (secondary N) is 1. The molecule has 1 amide bonds. The highest BCUT2D eigenvalue weighted by Gasteiger charge is 2.28. The van der Waals surface area contributed by atoms with Crippen LogP contribution in [0, 0.1) is 5.92 Å². The maximum atomic E-state index is 11.3. The number of ether oxygens (including phenoxy) is 1. The Balaban J connectivity index is 2.52. The van der Waals surface area contributed by atoms with E-state index in [1.807, 2.05) is 0 Å². The molecule has 0 aromatic heterocycles. The fraction of sp³-hybridized carbons (Fsp3) is 0.857. The minimum absolute atomic E-state index is 0.0480. The molecule has 0 spiro atoms. The zero-order chi connectivity index (χ0) is 15.0. The van der Waals surface area contributed by atoms with Crippen LogP contribution in [0.3, 0.4) is 0 Å². The molecule has 1 aliphatic heterocycles. The Morgan fingerprint density at radius 1 is 1.40 bits per heavy atom. The second-order valence-corrected chi connectivity index (χ2v) is 5.48. The zero-order valence-electron chi connectivity index (χ0n) is 12.4. The molecular weight excluding hydrogens is 260 g/mol. The number of aliphatic carboxylic acids is 1. The van der Waals surface area contributed by atoms with Crippen molar-refractivity contribution in [2.45, 2.75) is 45.1 Å². The van der Waals surface area contributed by atoms with E-state index in [0.717, 1.165) is 38.9 Å². The Kier molecular flexibility index (Phi) is 7.36. The maximum Gasteiger partial charge on any atom is 0.407 e. The normalized spacial score (nSPS) is 23.3. The van der Waals surface area contributed by atoms with Crippen molar-refractivity contribution in [3.05, 3.63) is 0 Å². The number of rotatable bonds is 7. The lowest BCUT2D eigenvalue weighted by molar-refractivity contribution is -0.137. The number of carbonyl (C=O) groups is 2. The fourth-order valence-electron chi connectivity index (χ4n) is 2.73. The van der Waals surface area contributed by atoms with E-state index in [-0.39, 0.29) is 12.5 Å².